The molecule has 1 heterocycles. The number of anilines is 1. The van der Waals surface area contributed by atoms with Crippen molar-refractivity contribution < 1.29 is 13.3 Å². The van der Waals surface area contributed by atoms with Gasteiger partial charge in [-0.05, 0) is 19.1 Å². The molecule has 0 saturated heterocycles. The molecule has 0 aliphatic carbocycles. The van der Waals surface area contributed by atoms with Crippen LogP contribution in [0.5, 0.6) is 0 Å². The quantitative estimate of drug-likeness (QED) is 0.649. The monoisotopic (exact) mass is 282 g/mol. The smallest absolute Gasteiger partial charge is 0.272 e. The zero-order chi connectivity index (χ0) is 14.0. The number of H-pyrrole nitrogens is 1. The first-order valence-corrected chi connectivity index (χ1v) is 6.65. The molecule has 0 unspecified atom stereocenters. The van der Waals surface area contributed by atoms with Crippen molar-refractivity contribution in [3.05, 3.63) is 46.3 Å². The van der Waals surface area contributed by atoms with Gasteiger partial charge in [0.25, 0.3) is 15.7 Å². The van der Waals surface area contributed by atoms with E-state index in [1.807, 2.05) is 0 Å². The number of aromatic nitrogens is 2. The molecule has 0 amide bonds. The number of hydrogen-bond donors (Lipinski definition) is 2. The van der Waals surface area contributed by atoms with Gasteiger partial charge in [-0.15, -0.1) is 0 Å². The van der Waals surface area contributed by atoms with Gasteiger partial charge in [-0.25, -0.2) is 8.42 Å². The normalized spacial score (nSPS) is 11.2. The topological polar surface area (TPSA) is 118 Å². The number of nitro benzene ring substituents is 1. The van der Waals surface area contributed by atoms with E-state index in [1.54, 1.807) is 0 Å². The summed E-state index contributed by atoms with van der Waals surface area (Å²) < 4.78 is 26.1. The van der Waals surface area contributed by atoms with Crippen LogP contribution in [-0.2, 0) is 10.0 Å². The second-order valence-corrected chi connectivity index (χ2v) is 5.48. The SMILES string of the molecule is Cc1cc(NS(=O)(=O)c2cn[nH]c2)ccc1[N+](=O)[O-]. The van der Waals surface area contributed by atoms with Gasteiger partial charge in [-0.2, -0.15) is 5.10 Å². The van der Waals surface area contributed by atoms with E-state index in [-0.39, 0.29) is 16.3 Å². The number of sulfonamides is 1. The molecule has 19 heavy (non-hydrogen) atoms. The molecule has 0 fully saturated rings. The van der Waals surface area contributed by atoms with Crippen molar-refractivity contribution in [1.82, 2.24) is 10.2 Å². The van der Waals surface area contributed by atoms with Crippen molar-refractivity contribution in [3.63, 3.8) is 0 Å². The summed E-state index contributed by atoms with van der Waals surface area (Å²) in [4.78, 5) is 10.1. The fourth-order valence-electron chi connectivity index (χ4n) is 1.52. The Labute approximate surface area is 108 Å². The summed E-state index contributed by atoms with van der Waals surface area (Å²) >= 11 is 0. The van der Waals surface area contributed by atoms with Gasteiger partial charge in [0.15, 0.2) is 0 Å². The maximum absolute atomic E-state index is 11.9. The molecule has 0 spiro atoms. The summed E-state index contributed by atoms with van der Waals surface area (Å²) in [6.07, 6.45) is 2.40. The number of hydrogen-bond acceptors (Lipinski definition) is 5. The van der Waals surface area contributed by atoms with Crippen molar-refractivity contribution in [1.29, 1.82) is 0 Å². The second-order valence-electron chi connectivity index (χ2n) is 3.80. The third-order valence-corrected chi connectivity index (χ3v) is 3.78. The molecule has 0 aliphatic rings. The average Bonchev–Trinajstić information content (AvgIpc) is 2.81. The Bertz CT molecular complexity index is 709. The van der Waals surface area contributed by atoms with Crippen LogP contribution < -0.4 is 4.72 Å². The van der Waals surface area contributed by atoms with E-state index in [2.05, 4.69) is 14.9 Å². The number of aryl methyl sites for hydroxylation is 1. The summed E-state index contributed by atoms with van der Waals surface area (Å²) in [7, 11) is -3.73. The molecule has 2 rings (SSSR count). The summed E-state index contributed by atoms with van der Waals surface area (Å²) in [6.45, 7) is 1.54. The van der Waals surface area contributed by atoms with Crippen molar-refractivity contribution in [2.75, 3.05) is 4.72 Å². The van der Waals surface area contributed by atoms with Crippen LogP contribution in [0.1, 0.15) is 5.56 Å². The van der Waals surface area contributed by atoms with Gasteiger partial charge in [0.1, 0.15) is 4.90 Å². The lowest BCUT2D eigenvalue weighted by atomic mass is 10.2. The minimum Gasteiger partial charge on any atom is -0.284 e. The molecule has 0 aliphatic heterocycles. The molecular formula is C10H10N4O4S. The maximum Gasteiger partial charge on any atom is 0.272 e. The van der Waals surface area contributed by atoms with E-state index in [1.165, 1.54) is 37.5 Å². The highest BCUT2D eigenvalue weighted by Crippen LogP contribution is 2.23. The summed E-state index contributed by atoms with van der Waals surface area (Å²) in [5, 5.41) is 16.6. The number of nitrogens with zero attached hydrogens (tertiary/aromatic N) is 2. The molecule has 100 valence electrons. The highest BCUT2D eigenvalue weighted by Gasteiger charge is 2.17. The predicted octanol–water partition coefficient (Wildman–Crippen LogP) is 1.43. The first-order chi connectivity index (χ1) is 8.90. The van der Waals surface area contributed by atoms with E-state index in [9.17, 15) is 18.5 Å². The van der Waals surface area contributed by atoms with Crippen LogP contribution in [0, 0.1) is 17.0 Å². The van der Waals surface area contributed by atoms with E-state index >= 15 is 0 Å². The molecule has 0 bridgehead atoms. The number of rotatable bonds is 4. The van der Waals surface area contributed by atoms with Gasteiger partial charge >= 0.3 is 0 Å². The summed E-state index contributed by atoms with van der Waals surface area (Å²) in [6, 6.07) is 3.99. The number of benzene rings is 1. The molecule has 2 N–H and O–H groups in total. The third-order valence-electron chi connectivity index (χ3n) is 2.43. The van der Waals surface area contributed by atoms with Crippen LogP contribution in [-0.4, -0.2) is 23.5 Å². The van der Waals surface area contributed by atoms with Gasteiger partial charge in [0, 0.05) is 23.5 Å². The zero-order valence-electron chi connectivity index (χ0n) is 9.82. The lowest BCUT2D eigenvalue weighted by Crippen LogP contribution is -2.12. The van der Waals surface area contributed by atoms with E-state index in [0.29, 0.717) is 5.56 Å². The maximum atomic E-state index is 11.9. The first kappa shape index (κ1) is 13.0. The fraction of sp³-hybridized carbons (Fsp3) is 0.100. The molecule has 9 heteroatoms. The van der Waals surface area contributed by atoms with Gasteiger partial charge in [0.05, 0.1) is 11.1 Å². The highest BCUT2D eigenvalue weighted by atomic mass is 32.2. The lowest BCUT2D eigenvalue weighted by Gasteiger charge is -2.06. The zero-order valence-corrected chi connectivity index (χ0v) is 10.6. The second kappa shape index (κ2) is 4.69. The van der Waals surface area contributed by atoms with Crippen LogP contribution in [0.15, 0.2) is 35.5 Å². The van der Waals surface area contributed by atoms with Crippen molar-refractivity contribution in [2.24, 2.45) is 0 Å². The standard InChI is InChI=1S/C10H10N4O4S/c1-7-4-8(2-3-10(7)14(15)16)13-19(17,18)9-5-11-12-6-9/h2-6,13H,1H3,(H,11,12). The first-order valence-electron chi connectivity index (χ1n) is 5.17. The molecule has 0 saturated carbocycles. The van der Waals surface area contributed by atoms with Crippen molar-refractivity contribution >= 4 is 21.4 Å². The summed E-state index contributed by atoms with van der Waals surface area (Å²) in [5.41, 5.74) is 0.563. The average molecular weight is 282 g/mol. The van der Waals surface area contributed by atoms with Gasteiger partial charge in [-0.3, -0.25) is 19.9 Å². The van der Waals surface area contributed by atoms with E-state index in [0.717, 1.165) is 0 Å². The van der Waals surface area contributed by atoms with E-state index in [4.69, 9.17) is 0 Å². The molecule has 2 aromatic rings. The van der Waals surface area contributed by atoms with Crippen molar-refractivity contribution in [2.45, 2.75) is 11.8 Å². The van der Waals surface area contributed by atoms with Crippen LogP contribution in [0.25, 0.3) is 0 Å². The van der Waals surface area contributed by atoms with Crippen LogP contribution in [0.2, 0.25) is 0 Å². The predicted molar refractivity (Wildman–Crippen MR) is 67.2 cm³/mol. The molecule has 0 radical (unpaired) electrons. The number of nitrogens with one attached hydrogen (secondary N) is 2. The third kappa shape index (κ3) is 2.71. The molecule has 8 nitrogen and oxygen atoms in total. The van der Waals surface area contributed by atoms with Gasteiger partial charge in [-0.1, -0.05) is 0 Å². The Morgan fingerprint density at radius 3 is 2.68 bits per heavy atom. The number of aromatic amines is 1. The van der Waals surface area contributed by atoms with E-state index < -0.39 is 14.9 Å². The van der Waals surface area contributed by atoms with Crippen LogP contribution in [0.4, 0.5) is 11.4 Å². The number of nitro groups is 1. The van der Waals surface area contributed by atoms with Crippen LogP contribution >= 0.6 is 0 Å². The van der Waals surface area contributed by atoms with Crippen molar-refractivity contribution in [3.8, 4) is 0 Å². The Balaban J connectivity index is 2.30. The van der Waals surface area contributed by atoms with Crippen LogP contribution in [0.3, 0.4) is 0 Å². The fourth-order valence-corrected chi connectivity index (χ4v) is 2.48. The Morgan fingerprint density at radius 1 is 1.42 bits per heavy atom. The minimum atomic E-state index is -3.73. The Kier molecular flexibility index (Phi) is 3.21. The summed E-state index contributed by atoms with van der Waals surface area (Å²) in [5.74, 6) is 0. The minimum absolute atomic E-state index is 0.0106. The van der Waals surface area contributed by atoms with Gasteiger partial charge < -0.3 is 0 Å². The highest BCUT2D eigenvalue weighted by molar-refractivity contribution is 7.92. The Hall–Kier alpha value is -2.42. The molecule has 1 aromatic carbocycles. The molecule has 0 atom stereocenters. The Morgan fingerprint density at radius 2 is 2.16 bits per heavy atom. The molecule has 1 aromatic heterocycles. The molecular weight excluding hydrogens is 272 g/mol. The largest absolute Gasteiger partial charge is 0.284 e. The lowest BCUT2D eigenvalue weighted by molar-refractivity contribution is -0.385. The van der Waals surface area contributed by atoms with Gasteiger partial charge in [0.2, 0.25) is 0 Å².